The highest BCUT2D eigenvalue weighted by Crippen LogP contribution is 2.34. The van der Waals surface area contributed by atoms with Crippen LogP contribution in [0.25, 0.3) is 0 Å². The van der Waals surface area contributed by atoms with E-state index in [-0.39, 0.29) is 17.9 Å². The monoisotopic (exact) mass is 354 g/mol. The maximum absolute atomic E-state index is 12.8. The van der Waals surface area contributed by atoms with Crippen molar-refractivity contribution >= 4 is 11.9 Å². The van der Waals surface area contributed by atoms with Gasteiger partial charge in [-0.05, 0) is 38.2 Å². The number of fused-ring (bicyclic) bond motifs is 2. The van der Waals surface area contributed by atoms with Crippen molar-refractivity contribution in [1.82, 2.24) is 15.3 Å². The third-order valence-electron chi connectivity index (χ3n) is 4.93. The van der Waals surface area contributed by atoms with Crippen molar-refractivity contribution in [3.8, 4) is 11.5 Å². The highest BCUT2D eigenvalue weighted by atomic mass is 16.5. The molecule has 7 nitrogen and oxygen atoms in total. The number of amides is 1. The van der Waals surface area contributed by atoms with Crippen molar-refractivity contribution in [2.45, 2.75) is 38.1 Å². The van der Waals surface area contributed by atoms with E-state index >= 15 is 0 Å². The minimum atomic E-state index is -0.211. The molecular weight excluding hydrogens is 332 g/mol. The number of nitrogens with zero attached hydrogens (tertiary/aromatic N) is 2. The molecule has 1 atom stereocenters. The van der Waals surface area contributed by atoms with Gasteiger partial charge in [0.2, 0.25) is 5.95 Å². The molecule has 1 aliphatic carbocycles. The maximum atomic E-state index is 12.8. The lowest BCUT2D eigenvalue weighted by Crippen LogP contribution is -2.43. The predicted molar refractivity (Wildman–Crippen MR) is 96.5 cm³/mol. The van der Waals surface area contributed by atoms with Crippen LogP contribution in [0.3, 0.4) is 0 Å². The molecule has 1 aromatic heterocycles. The van der Waals surface area contributed by atoms with Crippen LogP contribution in [0.2, 0.25) is 0 Å². The summed E-state index contributed by atoms with van der Waals surface area (Å²) in [5.74, 6) is 1.41. The number of anilines is 1. The van der Waals surface area contributed by atoms with Gasteiger partial charge in [0.25, 0.3) is 5.91 Å². The number of nitrogens with one attached hydrogen (secondary N) is 1. The summed E-state index contributed by atoms with van der Waals surface area (Å²) in [5.41, 5.74) is 9.07. The first-order chi connectivity index (χ1) is 12.7. The van der Waals surface area contributed by atoms with Crippen LogP contribution in [0.1, 0.15) is 40.2 Å². The largest absolute Gasteiger partial charge is 0.493 e. The second-order valence-electron chi connectivity index (χ2n) is 6.70. The number of nitrogen functional groups attached to an aromatic ring is 1. The summed E-state index contributed by atoms with van der Waals surface area (Å²) < 4.78 is 11.2. The Labute approximate surface area is 151 Å². The summed E-state index contributed by atoms with van der Waals surface area (Å²) in [6, 6.07) is 5.65. The van der Waals surface area contributed by atoms with Gasteiger partial charge in [-0.15, -0.1) is 0 Å². The molecule has 1 aliphatic heterocycles. The van der Waals surface area contributed by atoms with Gasteiger partial charge >= 0.3 is 0 Å². The van der Waals surface area contributed by atoms with Crippen molar-refractivity contribution < 1.29 is 14.3 Å². The zero-order valence-corrected chi connectivity index (χ0v) is 14.7. The van der Waals surface area contributed by atoms with Gasteiger partial charge in [-0.25, -0.2) is 9.97 Å². The fourth-order valence-corrected chi connectivity index (χ4v) is 3.70. The Bertz CT molecular complexity index is 853. The molecule has 0 bridgehead atoms. The number of benzene rings is 1. The number of aromatic nitrogens is 2. The molecule has 0 fully saturated rings. The molecule has 0 unspecified atom stereocenters. The van der Waals surface area contributed by atoms with Crippen LogP contribution in [0.5, 0.6) is 11.5 Å². The number of rotatable bonds is 3. The first kappa shape index (κ1) is 16.6. The molecule has 2 aromatic rings. The summed E-state index contributed by atoms with van der Waals surface area (Å²) in [7, 11) is 1.62. The molecule has 7 heteroatoms. The molecule has 136 valence electrons. The topological polar surface area (TPSA) is 99.4 Å². The molecule has 2 heterocycles. The third kappa shape index (κ3) is 3.05. The third-order valence-corrected chi connectivity index (χ3v) is 4.93. The molecular formula is C19H22N4O3. The molecule has 4 rings (SSSR count). The average Bonchev–Trinajstić information content (AvgIpc) is 2.66. The Morgan fingerprint density at radius 3 is 3.00 bits per heavy atom. The molecule has 0 radical (unpaired) electrons. The number of hydrogen-bond donors (Lipinski definition) is 2. The van der Waals surface area contributed by atoms with Crippen molar-refractivity contribution in [2.75, 3.05) is 19.5 Å². The fraction of sp³-hybridized carbons (Fsp3) is 0.421. The Hall–Kier alpha value is -2.83. The number of ether oxygens (including phenoxy) is 2. The quantitative estimate of drug-likeness (QED) is 0.870. The number of nitrogens with two attached hydrogens (primary N) is 1. The second kappa shape index (κ2) is 6.82. The summed E-state index contributed by atoms with van der Waals surface area (Å²) in [4.78, 5) is 21.4. The van der Waals surface area contributed by atoms with Gasteiger partial charge in [0.1, 0.15) is 12.3 Å². The average molecular weight is 354 g/mol. The second-order valence-corrected chi connectivity index (χ2v) is 6.70. The minimum Gasteiger partial charge on any atom is -0.493 e. The Morgan fingerprint density at radius 2 is 2.15 bits per heavy atom. The fourth-order valence-electron chi connectivity index (χ4n) is 3.70. The number of hydrogen-bond acceptors (Lipinski definition) is 6. The number of carbonyl (C=O) groups excluding carboxylic acids is 1. The van der Waals surface area contributed by atoms with E-state index in [9.17, 15) is 4.79 Å². The summed E-state index contributed by atoms with van der Waals surface area (Å²) in [6.07, 6.45) is 4.46. The molecule has 26 heavy (non-hydrogen) atoms. The van der Waals surface area contributed by atoms with Crippen LogP contribution in [0, 0.1) is 0 Å². The minimum absolute atomic E-state index is 0.127. The Morgan fingerprint density at radius 1 is 1.31 bits per heavy atom. The van der Waals surface area contributed by atoms with Crippen molar-refractivity contribution in [3.63, 3.8) is 0 Å². The molecule has 1 aromatic carbocycles. The Kier molecular flexibility index (Phi) is 4.36. The number of para-hydroxylation sites is 1. The van der Waals surface area contributed by atoms with Crippen LogP contribution < -0.4 is 20.5 Å². The van der Waals surface area contributed by atoms with Crippen molar-refractivity contribution in [3.05, 3.63) is 40.7 Å². The van der Waals surface area contributed by atoms with Crippen LogP contribution in [0.4, 0.5) is 5.95 Å². The van der Waals surface area contributed by atoms with Gasteiger partial charge in [-0.3, -0.25) is 4.79 Å². The molecule has 0 saturated heterocycles. The van der Waals surface area contributed by atoms with E-state index in [2.05, 4.69) is 15.3 Å². The predicted octanol–water partition coefficient (Wildman–Crippen LogP) is 1.68. The van der Waals surface area contributed by atoms with E-state index in [0.29, 0.717) is 24.5 Å². The van der Waals surface area contributed by atoms with Gasteiger partial charge in [-0.1, -0.05) is 12.1 Å². The van der Waals surface area contributed by atoms with Crippen molar-refractivity contribution in [2.24, 2.45) is 0 Å². The lowest BCUT2D eigenvalue weighted by molar-refractivity contribution is 0.0908. The highest BCUT2D eigenvalue weighted by Gasteiger charge is 2.27. The first-order valence-corrected chi connectivity index (χ1v) is 8.90. The normalized spacial score (nSPS) is 18.3. The number of aryl methyl sites for hydroxylation is 1. The smallest absolute Gasteiger partial charge is 0.270 e. The molecule has 2 aliphatic rings. The van der Waals surface area contributed by atoms with E-state index in [1.54, 1.807) is 7.11 Å². The summed E-state index contributed by atoms with van der Waals surface area (Å²) in [6.45, 7) is 0.391. The molecule has 3 N–H and O–H groups in total. The summed E-state index contributed by atoms with van der Waals surface area (Å²) in [5, 5.41) is 3.04. The first-order valence-electron chi connectivity index (χ1n) is 8.90. The van der Waals surface area contributed by atoms with Crippen LogP contribution >= 0.6 is 0 Å². The van der Waals surface area contributed by atoms with Crippen LogP contribution in [-0.2, 0) is 19.3 Å². The van der Waals surface area contributed by atoms with Crippen LogP contribution in [-0.4, -0.2) is 35.6 Å². The number of methoxy groups -OCH3 is 1. The Balaban J connectivity index is 1.54. The van der Waals surface area contributed by atoms with E-state index in [0.717, 1.165) is 48.3 Å². The standard InChI is InChI=1S/C19H22N4O3/c1-25-15-8-4-5-11-9-12(10-26-17(11)15)21-18(24)16-13-6-2-3-7-14(13)22-19(20)23-16/h4-5,8,12H,2-3,6-7,9-10H2,1H3,(H,21,24)(H2,20,22,23)/t12-/m0/s1. The van der Waals surface area contributed by atoms with E-state index in [1.165, 1.54) is 0 Å². The maximum Gasteiger partial charge on any atom is 0.270 e. The van der Waals surface area contributed by atoms with Gasteiger partial charge < -0.3 is 20.5 Å². The molecule has 1 amide bonds. The summed E-state index contributed by atoms with van der Waals surface area (Å²) >= 11 is 0. The SMILES string of the molecule is COc1cccc2c1OC[C@@H](NC(=O)c1nc(N)nc3c1CCCC3)C2. The lowest BCUT2D eigenvalue weighted by atomic mass is 9.94. The zero-order chi connectivity index (χ0) is 18.1. The zero-order valence-electron chi connectivity index (χ0n) is 14.7. The lowest BCUT2D eigenvalue weighted by Gasteiger charge is -2.27. The van der Waals surface area contributed by atoms with Gasteiger partial charge in [0.15, 0.2) is 11.5 Å². The van der Waals surface area contributed by atoms with Crippen molar-refractivity contribution in [1.29, 1.82) is 0 Å². The van der Waals surface area contributed by atoms with E-state index in [1.807, 2.05) is 18.2 Å². The van der Waals surface area contributed by atoms with E-state index in [4.69, 9.17) is 15.2 Å². The highest BCUT2D eigenvalue weighted by molar-refractivity contribution is 5.94. The molecule has 0 spiro atoms. The van der Waals surface area contributed by atoms with E-state index < -0.39 is 0 Å². The van der Waals surface area contributed by atoms with Crippen LogP contribution in [0.15, 0.2) is 18.2 Å². The van der Waals surface area contributed by atoms with Gasteiger partial charge in [0.05, 0.1) is 13.2 Å². The van der Waals surface area contributed by atoms with Gasteiger partial charge in [-0.2, -0.15) is 0 Å². The van der Waals surface area contributed by atoms with Gasteiger partial charge in [0, 0.05) is 16.8 Å². The number of carbonyl (C=O) groups is 1. The molecule has 0 saturated carbocycles.